The van der Waals surface area contributed by atoms with Crippen molar-refractivity contribution in [2.45, 2.75) is 65.1 Å². The van der Waals surface area contributed by atoms with Crippen molar-refractivity contribution in [1.29, 1.82) is 0 Å². The van der Waals surface area contributed by atoms with Crippen LogP contribution in [0.5, 0.6) is 0 Å². The molecule has 3 unspecified atom stereocenters. The van der Waals surface area contributed by atoms with E-state index in [4.69, 9.17) is 0 Å². The summed E-state index contributed by atoms with van der Waals surface area (Å²) in [4.78, 5) is 2.78. The van der Waals surface area contributed by atoms with Crippen molar-refractivity contribution in [3.63, 3.8) is 0 Å². The maximum Gasteiger partial charge on any atom is 0.0244 e. The van der Waals surface area contributed by atoms with Gasteiger partial charge in [0.05, 0.1) is 0 Å². The van der Waals surface area contributed by atoms with E-state index in [0.29, 0.717) is 17.5 Å². The quantitative estimate of drug-likeness (QED) is 0.852. The van der Waals surface area contributed by atoms with Crippen LogP contribution in [0.3, 0.4) is 0 Å². The van der Waals surface area contributed by atoms with Crippen molar-refractivity contribution >= 4 is 0 Å². The molecule has 1 aromatic rings. The second-order valence-corrected chi connectivity index (χ2v) is 8.04. The largest absolute Gasteiger partial charge is 0.311 e. The molecule has 1 saturated heterocycles. The van der Waals surface area contributed by atoms with Gasteiger partial charge in [-0.15, -0.1) is 0 Å². The van der Waals surface area contributed by atoms with E-state index in [2.05, 4.69) is 62.2 Å². The summed E-state index contributed by atoms with van der Waals surface area (Å²) in [6, 6.07) is 11.0. The molecule has 0 radical (unpaired) electrons. The van der Waals surface area contributed by atoms with Crippen LogP contribution in [0.25, 0.3) is 0 Å². The Kier molecular flexibility index (Phi) is 4.11. The van der Waals surface area contributed by atoms with Crippen molar-refractivity contribution in [2.75, 3.05) is 13.1 Å². The number of hydrogen-bond donors (Lipinski definition) is 1. The fourth-order valence-electron chi connectivity index (χ4n) is 3.94. The number of fused-ring (bicyclic) bond motifs is 1. The Bertz CT molecular complexity index is 489. The number of nitrogens with zero attached hydrogens (tertiary/aromatic N) is 1. The fourth-order valence-corrected chi connectivity index (χ4v) is 3.94. The predicted molar refractivity (Wildman–Crippen MR) is 89.7 cm³/mol. The molecule has 116 valence electrons. The second kappa shape index (κ2) is 5.73. The molecule has 0 saturated carbocycles. The Morgan fingerprint density at radius 2 is 1.86 bits per heavy atom. The van der Waals surface area contributed by atoms with Gasteiger partial charge in [0.1, 0.15) is 0 Å². The van der Waals surface area contributed by atoms with Gasteiger partial charge in [0, 0.05) is 31.2 Å². The van der Waals surface area contributed by atoms with Gasteiger partial charge in [-0.25, -0.2) is 0 Å². The standard InChI is InChI=1S/C19H30N2/c1-14-12-20-18(19(2,3)4)13-21(14)17-10-9-15-7-5-6-8-16(15)11-17/h5-8,14,17-18,20H,9-13H2,1-4H3. The van der Waals surface area contributed by atoms with E-state index in [1.165, 1.54) is 25.8 Å². The summed E-state index contributed by atoms with van der Waals surface area (Å²) in [5.41, 5.74) is 3.49. The smallest absolute Gasteiger partial charge is 0.0244 e. The van der Waals surface area contributed by atoms with Gasteiger partial charge >= 0.3 is 0 Å². The molecule has 1 aromatic carbocycles. The van der Waals surface area contributed by atoms with Gasteiger partial charge in [0.25, 0.3) is 0 Å². The Balaban J connectivity index is 1.74. The minimum atomic E-state index is 0.338. The molecule has 2 nitrogen and oxygen atoms in total. The van der Waals surface area contributed by atoms with Crippen molar-refractivity contribution in [3.8, 4) is 0 Å². The van der Waals surface area contributed by atoms with E-state index < -0.39 is 0 Å². The zero-order chi connectivity index (χ0) is 15.0. The van der Waals surface area contributed by atoms with Crippen LogP contribution in [0.15, 0.2) is 24.3 Å². The van der Waals surface area contributed by atoms with Crippen molar-refractivity contribution in [3.05, 3.63) is 35.4 Å². The molecule has 3 atom stereocenters. The molecular formula is C19H30N2. The van der Waals surface area contributed by atoms with E-state index in [1.54, 1.807) is 11.1 Å². The maximum atomic E-state index is 3.76. The molecule has 0 amide bonds. The van der Waals surface area contributed by atoms with Gasteiger partial charge in [-0.05, 0) is 42.7 Å². The molecule has 0 bridgehead atoms. The second-order valence-electron chi connectivity index (χ2n) is 8.04. The number of nitrogens with one attached hydrogen (secondary N) is 1. The number of aryl methyl sites for hydroxylation is 1. The van der Waals surface area contributed by atoms with Crippen LogP contribution >= 0.6 is 0 Å². The van der Waals surface area contributed by atoms with Crippen LogP contribution in [0.2, 0.25) is 0 Å². The lowest BCUT2D eigenvalue weighted by atomic mass is 9.82. The molecule has 0 spiro atoms. The predicted octanol–water partition coefficient (Wildman–Crippen LogP) is 3.25. The molecule has 0 aromatic heterocycles. The lowest BCUT2D eigenvalue weighted by Crippen LogP contribution is -2.62. The highest BCUT2D eigenvalue weighted by Crippen LogP contribution is 2.29. The Hall–Kier alpha value is -0.860. The van der Waals surface area contributed by atoms with Crippen LogP contribution in [-0.4, -0.2) is 36.1 Å². The third-order valence-corrected chi connectivity index (χ3v) is 5.45. The summed E-state index contributed by atoms with van der Waals surface area (Å²) in [7, 11) is 0. The molecule has 1 N–H and O–H groups in total. The molecule has 1 heterocycles. The number of piperazine rings is 1. The molecule has 1 aliphatic carbocycles. The van der Waals surface area contributed by atoms with Crippen molar-refractivity contribution in [1.82, 2.24) is 10.2 Å². The van der Waals surface area contributed by atoms with E-state index in [0.717, 1.165) is 12.6 Å². The normalized spacial score (nSPS) is 31.0. The summed E-state index contributed by atoms with van der Waals surface area (Å²) < 4.78 is 0. The SMILES string of the molecule is CC1CNC(C(C)(C)C)CN1C1CCc2ccccc2C1. The number of rotatable bonds is 1. The van der Waals surface area contributed by atoms with E-state index in [9.17, 15) is 0 Å². The van der Waals surface area contributed by atoms with Crippen LogP contribution in [0, 0.1) is 5.41 Å². The topological polar surface area (TPSA) is 15.3 Å². The first-order valence-corrected chi connectivity index (χ1v) is 8.51. The summed E-state index contributed by atoms with van der Waals surface area (Å²) in [6.45, 7) is 11.8. The first-order valence-electron chi connectivity index (χ1n) is 8.51. The first-order chi connectivity index (χ1) is 9.95. The first kappa shape index (κ1) is 15.1. The van der Waals surface area contributed by atoms with Gasteiger partial charge in [-0.1, -0.05) is 45.0 Å². The Morgan fingerprint density at radius 1 is 1.14 bits per heavy atom. The highest BCUT2D eigenvalue weighted by molar-refractivity contribution is 5.30. The van der Waals surface area contributed by atoms with E-state index in [-0.39, 0.29) is 0 Å². The molecule has 2 aliphatic rings. The van der Waals surface area contributed by atoms with Crippen molar-refractivity contribution < 1.29 is 0 Å². The van der Waals surface area contributed by atoms with Gasteiger partial charge in [-0.2, -0.15) is 0 Å². The zero-order valence-electron chi connectivity index (χ0n) is 14.0. The third kappa shape index (κ3) is 3.17. The Morgan fingerprint density at radius 3 is 2.57 bits per heavy atom. The molecule has 21 heavy (non-hydrogen) atoms. The van der Waals surface area contributed by atoms with Crippen LogP contribution in [0.1, 0.15) is 45.2 Å². The highest BCUT2D eigenvalue weighted by atomic mass is 15.3. The minimum Gasteiger partial charge on any atom is -0.311 e. The Labute approximate surface area is 129 Å². The van der Waals surface area contributed by atoms with Gasteiger partial charge in [0.15, 0.2) is 0 Å². The van der Waals surface area contributed by atoms with Gasteiger partial charge < -0.3 is 5.32 Å². The average molecular weight is 286 g/mol. The van der Waals surface area contributed by atoms with E-state index in [1.807, 2.05) is 0 Å². The monoisotopic (exact) mass is 286 g/mol. The molecule has 1 aliphatic heterocycles. The summed E-state index contributed by atoms with van der Waals surface area (Å²) in [6.07, 6.45) is 3.80. The summed E-state index contributed by atoms with van der Waals surface area (Å²) in [5, 5.41) is 3.76. The van der Waals surface area contributed by atoms with Crippen LogP contribution in [0.4, 0.5) is 0 Å². The summed E-state index contributed by atoms with van der Waals surface area (Å²) >= 11 is 0. The summed E-state index contributed by atoms with van der Waals surface area (Å²) in [5.74, 6) is 0. The van der Waals surface area contributed by atoms with Crippen LogP contribution < -0.4 is 5.32 Å². The maximum absolute atomic E-state index is 3.76. The molecule has 2 heteroatoms. The average Bonchev–Trinajstić information content (AvgIpc) is 2.46. The molecule has 1 fully saturated rings. The fraction of sp³-hybridized carbons (Fsp3) is 0.684. The lowest BCUT2D eigenvalue weighted by molar-refractivity contribution is 0.0515. The lowest BCUT2D eigenvalue weighted by Gasteiger charge is -2.48. The van der Waals surface area contributed by atoms with Crippen LogP contribution in [-0.2, 0) is 12.8 Å². The molecular weight excluding hydrogens is 256 g/mol. The number of benzene rings is 1. The van der Waals surface area contributed by atoms with Crippen molar-refractivity contribution in [2.24, 2.45) is 5.41 Å². The molecule has 3 rings (SSSR count). The minimum absolute atomic E-state index is 0.338. The third-order valence-electron chi connectivity index (χ3n) is 5.45. The zero-order valence-corrected chi connectivity index (χ0v) is 14.0. The highest BCUT2D eigenvalue weighted by Gasteiger charge is 2.36. The number of hydrogen-bond acceptors (Lipinski definition) is 2. The van der Waals surface area contributed by atoms with Gasteiger partial charge in [0.2, 0.25) is 0 Å². The van der Waals surface area contributed by atoms with E-state index >= 15 is 0 Å². The van der Waals surface area contributed by atoms with Gasteiger partial charge in [-0.3, -0.25) is 4.90 Å².